The minimum absolute atomic E-state index is 0.0173. The van der Waals surface area contributed by atoms with Crippen LogP contribution in [0, 0.1) is 5.92 Å². The van der Waals surface area contributed by atoms with Gasteiger partial charge in [0.05, 0.1) is 12.5 Å². The lowest BCUT2D eigenvalue weighted by Crippen LogP contribution is -2.42. The van der Waals surface area contributed by atoms with Crippen molar-refractivity contribution in [1.29, 1.82) is 0 Å². The molecule has 0 bridgehead atoms. The molecule has 86 valence electrons. The SMILES string of the molecule is CNCC(=O)NC1CCC(C(=O)O)CC1. The highest BCUT2D eigenvalue weighted by atomic mass is 16.4. The molecule has 5 heteroatoms. The van der Waals surface area contributed by atoms with Gasteiger partial charge in [-0.2, -0.15) is 0 Å². The smallest absolute Gasteiger partial charge is 0.306 e. The first-order valence-corrected chi connectivity index (χ1v) is 5.30. The van der Waals surface area contributed by atoms with Gasteiger partial charge in [-0.25, -0.2) is 0 Å². The second-order valence-corrected chi connectivity index (χ2v) is 3.98. The number of hydrogen-bond acceptors (Lipinski definition) is 3. The molecule has 1 fully saturated rings. The fraction of sp³-hybridized carbons (Fsp3) is 0.800. The average Bonchev–Trinajstić information content (AvgIpc) is 2.18. The van der Waals surface area contributed by atoms with E-state index in [2.05, 4.69) is 10.6 Å². The first-order chi connectivity index (χ1) is 7.13. The van der Waals surface area contributed by atoms with Crippen molar-refractivity contribution in [2.45, 2.75) is 31.7 Å². The lowest BCUT2D eigenvalue weighted by atomic mass is 9.86. The molecule has 0 aliphatic heterocycles. The number of carboxylic acids is 1. The molecule has 0 aromatic rings. The van der Waals surface area contributed by atoms with Gasteiger partial charge in [0.1, 0.15) is 0 Å². The third kappa shape index (κ3) is 3.87. The Balaban J connectivity index is 2.25. The molecule has 1 rings (SSSR count). The van der Waals surface area contributed by atoms with Crippen LogP contribution in [-0.4, -0.2) is 36.6 Å². The van der Waals surface area contributed by atoms with Gasteiger partial charge in [0, 0.05) is 6.04 Å². The average molecular weight is 214 g/mol. The number of nitrogens with one attached hydrogen (secondary N) is 2. The van der Waals surface area contributed by atoms with Gasteiger partial charge in [0.2, 0.25) is 5.91 Å². The Morgan fingerprint density at radius 1 is 1.27 bits per heavy atom. The Morgan fingerprint density at radius 2 is 1.87 bits per heavy atom. The van der Waals surface area contributed by atoms with Crippen LogP contribution in [0.4, 0.5) is 0 Å². The molecule has 0 radical (unpaired) electrons. The quantitative estimate of drug-likeness (QED) is 0.614. The van der Waals surface area contributed by atoms with Crippen molar-refractivity contribution in [3.8, 4) is 0 Å². The standard InChI is InChI=1S/C10H18N2O3/c1-11-6-9(13)12-8-4-2-7(3-5-8)10(14)15/h7-8,11H,2-6H2,1H3,(H,12,13)(H,14,15). The Kier molecular flexibility index (Phi) is 4.55. The summed E-state index contributed by atoms with van der Waals surface area (Å²) in [5.74, 6) is -0.950. The Hall–Kier alpha value is -1.10. The summed E-state index contributed by atoms with van der Waals surface area (Å²) >= 11 is 0. The van der Waals surface area contributed by atoms with Crippen molar-refractivity contribution in [2.24, 2.45) is 5.92 Å². The molecule has 1 aliphatic rings. The molecule has 15 heavy (non-hydrogen) atoms. The highest BCUT2D eigenvalue weighted by Gasteiger charge is 2.26. The predicted molar refractivity (Wildman–Crippen MR) is 55.5 cm³/mol. The lowest BCUT2D eigenvalue weighted by Gasteiger charge is -2.26. The zero-order valence-corrected chi connectivity index (χ0v) is 8.95. The summed E-state index contributed by atoms with van der Waals surface area (Å²) in [5, 5.41) is 14.5. The van der Waals surface area contributed by atoms with Crippen molar-refractivity contribution < 1.29 is 14.7 Å². The van der Waals surface area contributed by atoms with Gasteiger partial charge in [-0.15, -0.1) is 0 Å². The highest BCUT2D eigenvalue weighted by Crippen LogP contribution is 2.24. The van der Waals surface area contributed by atoms with Gasteiger partial charge in [-0.05, 0) is 32.7 Å². The normalized spacial score (nSPS) is 25.9. The molecular weight excluding hydrogens is 196 g/mol. The fourth-order valence-corrected chi connectivity index (χ4v) is 1.92. The van der Waals surface area contributed by atoms with Gasteiger partial charge in [-0.3, -0.25) is 9.59 Å². The van der Waals surface area contributed by atoms with E-state index in [1.807, 2.05) is 0 Å². The second-order valence-electron chi connectivity index (χ2n) is 3.98. The first-order valence-electron chi connectivity index (χ1n) is 5.30. The minimum atomic E-state index is -0.713. The molecule has 0 aromatic carbocycles. The number of carboxylic acid groups (broad SMARTS) is 1. The molecule has 1 aliphatic carbocycles. The van der Waals surface area contributed by atoms with E-state index in [1.54, 1.807) is 7.05 Å². The van der Waals surface area contributed by atoms with Crippen LogP contribution in [0.25, 0.3) is 0 Å². The van der Waals surface area contributed by atoms with Crippen LogP contribution < -0.4 is 10.6 Å². The van der Waals surface area contributed by atoms with E-state index in [4.69, 9.17) is 5.11 Å². The first kappa shape index (κ1) is 12.0. The molecule has 0 heterocycles. The van der Waals surface area contributed by atoms with Crippen molar-refractivity contribution >= 4 is 11.9 Å². The number of rotatable bonds is 4. The summed E-state index contributed by atoms with van der Waals surface area (Å²) in [7, 11) is 1.72. The predicted octanol–water partition coefficient (Wildman–Crippen LogP) is -0.0346. The Bertz CT molecular complexity index is 235. The summed E-state index contributed by atoms with van der Waals surface area (Å²) in [6.45, 7) is 0.318. The van der Waals surface area contributed by atoms with E-state index >= 15 is 0 Å². The van der Waals surface area contributed by atoms with E-state index in [0.29, 0.717) is 19.4 Å². The number of carbonyl (C=O) groups excluding carboxylic acids is 1. The van der Waals surface area contributed by atoms with Crippen LogP contribution in [-0.2, 0) is 9.59 Å². The number of aliphatic carboxylic acids is 1. The molecule has 1 saturated carbocycles. The molecule has 0 atom stereocenters. The zero-order valence-electron chi connectivity index (χ0n) is 8.95. The molecular formula is C10H18N2O3. The molecule has 0 saturated heterocycles. The van der Waals surface area contributed by atoms with Crippen molar-refractivity contribution in [3.05, 3.63) is 0 Å². The summed E-state index contributed by atoms with van der Waals surface area (Å²) in [6, 6.07) is 0.154. The van der Waals surface area contributed by atoms with Crippen LogP contribution in [0.2, 0.25) is 0 Å². The summed E-state index contributed by atoms with van der Waals surface area (Å²) in [6.07, 6.45) is 2.87. The summed E-state index contributed by atoms with van der Waals surface area (Å²) < 4.78 is 0. The third-order valence-electron chi connectivity index (χ3n) is 2.78. The zero-order chi connectivity index (χ0) is 11.3. The largest absolute Gasteiger partial charge is 0.481 e. The van der Waals surface area contributed by atoms with Gasteiger partial charge in [0.15, 0.2) is 0 Å². The van der Waals surface area contributed by atoms with Crippen molar-refractivity contribution in [3.63, 3.8) is 0 Å². The minimum Gasteiger partial charge on any atom is -0.481 e. The number of hydrogen-bond donors (Lipinski definition) is 3. The molecule has 5 nitrogen and oxygen atoms in total. The van der Waals surface area contributed by atoms with E-state index in [9.17, 15) is 9.59 Å². The lowest BCUT2D eigenvalue weighted by molar-refractivity contribution is -0.142. The van der Waals surface area contributed by atoms with E-state index in [0.717, 1.165) is 12.8 Å². The van der Waals surface area contributed by atoms with Crippen LogP contribution in [0.3, 0.4) is 0 Å². The molecule has 0 unspecified atom stereocenters. The van der Waals surface area contributed by atoms with Gasteiger partial charge < -0.3 is 15.7 Å². The fourth-order valence-electron chi connectivity index (χ4n) is 1.92. The Labute approximate surface area is 89.2 Å². The Morgan fingerprint density at radius 3 is 2.33 bits per heavy atom. The summed E-state index contributed by atoms with van der Waals surface area (Å²) in [4.78, 5) is 21.9. The van der Waals surface area contributed by atoms with Crippen LogP contribution in [0.5, 0.6) is 0 Å². The van der Waals surface area contributed by atoms with Gasteiger partial charge in [0.25, 0.3) is 0 Å². The monoisotopic (exact) mass is 214 g/mol. The van der Waals surface area contributed by atoms with E-state index in [-0.39, 0.29) is 17.9 Å². The van der Waals surface area contributed by atoms with Crippen molar-refractivity contribution in [1.82, 2.24) is 10.6 Å². The maximum atomic E-state index is 11.2. The molecule has 0 aromatic heterocycles. The molecule has 0 spiro atoms. The molecule has 1 amide bonds. The number of carbonyl (C=O) groups is 2. The summed E-state index contributed by atoms with van der Waals surface area (Å²) in [5.41, 5.74) is 0. The maximum Gasteiger partial charge on any atom is 0.306 e. The highest BCUT2D eigenvalue weighted by molar-refractivity contribution is 5.78. The maximum absolute atomic E-state index is 11.2. The van der Waals surface area contributed by atoms with E-state index < -0.39 is 5.97 Å². The number of likely N-dealkylation sites (N-methyl/N-ethyl adjacent to an activating group) is 1. The third-order valence-corrected chi connectivity index (χ3v) is 2.78. The van der Waals surface area contributed by atoms with Crippen LogP contribution in [0.15, 0.2) is 0 Å². The second kappa shape index (κ2) is 5.70. The number of amides is 1. The van der Waals surface area contributed by atoms with Gasteiger partial charge in [-0.1, -0.05) is 0 Å². The topological polar surface area (TPSA) is 78.4 Å². The van der Waals surface area contributed by atoms with Crippen LogP contribution in [0.1, 0.15) is 25.7 Å². The molecule has 3 N–H and O–H groups in total. The van der Waals surface area contributed by atoms with Crippen molar-refractivity contribution in [2.75, 3.05) is 13.6 Å². The van der Waals surface area contributed by atoms with Crippen LogP contribution >= 0.6 is 0 Å². The van der Waals surface area contributed by atoms with E-state index in [1.165, 1.54) is 0 Å². The van der Waals surface area contributed by atoms with Gasteiger partial charge >= 0.3 is 5.97 Å².